The van der Waals surface area contributed by atoms with Crippen LogP contribution in [-0.2, 0) is 11.2 Å². The minimum absolute atomic E-state index is 0.175. The maximum atomic E-state index is 11.9. The topological polar surface area (TPSA) is 69.6 Å². The Morgan fingerprint density at radius 2 is 2.11 bits per heavy atom. The highest BCUT2D eigenvalue weighted by molar-refractivity contribution is 5.89. The first kappa shape index (κ1) is 15.0. The minimum atomic E-state index is -0.910. The van der Waals surface area contributed by atoms with Gasteiger partial charge in [0, 0.05) is 19.3 Å². The van der Waals surface area contributed by atoms with Gasteiger partial charge in [0.25, 0.3) is 0 Å². The third-order valence-electron chi connectivity index (χ3n) is 2.90. The van der Waals surface area contributed by atoms with Gasteiger partial charge in [0.15, 0.2) is 0 Å². The third-order valence-corrected chi connectivity index (χ3v) is 2.90. The number of anilines is 1. The van der Waals surface area contributed by atoms with Gasteiger partial charge in [-0.15, -0.1) is 0 Å². The van der Waals surface area contributed by atoms with E-state index in [2.05, 4.69) is 5.32 Å². The number of aliphatic carboxylic acids is 1. The summed E-state index contributed by atoms with van der Waals surface area (Å²) in [4.78, 5) is 24.0. The van der Waals surface area contributed by atoms with Crippen LogP contribution in [0.3, 0.4) is 0 Å². The fraction of sp³-hybridized carbons (Fsp3) is 0.429. The van der Waals surface area contributed by atoms with Gasteiger partial charge in [-0.3, -0.25) is 4.79 Å². The second-order valence-corrected chi connectivity index (χ2v) is 4.60. The average molecular weight is 264 g/mol. The molecule has 0 fully saturated rings. The fourth-order valence-electron chi connectivity index (χ4n) is 1.66. The maximum absolute atomic E-state index is 11.9. The van der Waals surface area contributed by atoms with Gasteiger partial charge in [0.05, 0.1) is 5.92 Å². The lowest BCUT2D eigenvalue weighted by atomic mass is 10.1. The minimum Gasteiger partial charge on any atom is -0.481 e. The first-order chi connectivity index (χ1) is 8.93. The van der Waals surface area contributed by atoms with Crippen molar-refractivity contribution in [2.24, 2.45) is 5.92 Å². The van der Waals surface area contributed by atoms with Gasteiger partial charge >= 0.3 is 12.0 Å². The van der Waals surface area contributed by atoms with E-state index in [1.807, 2.05) is 31.2 Å². The molecule has 5 heteroatoms. The number of carboxylic acids is 1. The molecule has 1 atom stereocenters. The molecule has 1 unspecified atom stereocenters. The van der Waals surface area contributed by atoms with E-state index < -0.39 is 11.9 Å². The van der Waals surface area contributed by atoms with Crippen molar-refractivity contribution < 1.29 is 14.7 Å². The molecule has 0 aliphatic carbocycles. The molecule has 0 heterocycles. The lowest BCUT2D eigenvalue weighted by Crippen LogP contribution is -2.36. The normalized spacial score (nSPS) is 11.7. The highest BCUT2D eigenvalue weighted by atomic mass is 16.4. The monoisotopic (exact) mass is 264 g/mol. The molecule has 2 amide bonds. The summed E-state index contributed by atoms with van der Waals surface area (Å²) in [7, 11) is 1.58. The van der Waals surface area contributed by atoms with Crippen molar-refractivity contribution >= 4 is 17.7 Å². The van der Waals surface area contributed by atoms with Crippen LogP contribution in [0.1, 0.15) is 19.4 Å². The second kappa shape index (κ2) is 6.78. The van der Waals surface area contributed by atoms with Crippen molar-refractivity contribution in [3.8, 4) is 0 Å². The molecular weight excluding hydrogens is 244 g/mol. The lowest BCUT2D eigenvalue weighted by molar-refractivity contribution is -0.141. The quantitative estimate of drug-likeness (QED) is 0.858. The number of nitrogens with zero attached hydrogens (tertiary/aromatic N) is 1. The largest absolute Gasteiger partial charge is 0.481 e. The number of urea groups is 1. The third kappa shape index (κ3) is 4.62. The van der Waals surface area contributed by atoms with Crippen LogP contribution < -0.4 is 5.32 Å². The summed E-state index contributed by atoms with van der Waals surface area (Å²) in [5.74, 6) is -1.50. The summed E-state index contributed by atoms with van der Waals surface area (Å²) in [5, 5.41) is 11.6. The summed E-state index contributed by atoms with van der Waals surface area (Å²) in [6.07, 6.45) is 0.898. The van der Waals surface area contributed by atoms with E-state index in [1.54, 1.807) is 14.0 Å². The van der Waals surface area contributed by atoms with E-state index in [0.717, 1.165) is 17.7 Å². The van der Waals surface area contributed by atoms with Gasteiger partial charge in [-0.25, -0.2) is 4.79 Å². The SMILES string of the molecule is CCc1cccc(NC(=O)N(C)CC(C)C(=O)O)c1. The van der Waals surface area contributed by atoms with E-state index in [-0.39, 0.29) is 12.6 Å². The first-order valence-corrected chi connectivity index (χ1v) is 6.28. The molecule has 2 N–H and O–H groups in total. The predicted molar refractivity (Wildman–Crippen MR) is 74.3 cm³/mol. The van der Waals surface area contributed by atoms with Crippen LogP contribution in [0.15, 0.2) is 24.3 Å². The summed E-state index contributed by atoms with van der Waals surface area (Å²) in [6.45, 7) is 3.79. The van der Waals surface area contributed by atoms with Crippen LogP contribution in [0.2, 0.25) is 0 Å². The number of rotatable bonds is 5. The molecule has 104 valence electrons. The summed E-state index contributed by atoms with van der Waals surface area (Å²) < 4.78 is 0. The average Bonchev–Trinajstić information content (AvgIpc) is 2.38. The zero-order valence-electron chi connectivity index (χ0n) is 11.5. The van der Waals surface area contributed by atoms with Gasteiger partial charge in [0.1, 0.15) is 0 Å². The maximum Gasteiger partial charge on any atom is 0.321 e. The van der Waals surface area contributed by atoms with Crippen LogP contribution in [0.5, 0.6) is 0 Å². The molecule has 0 saturated heterocycles. The predicted octanol–water partition coefficient (Wildman–Crippen LogP) is 2.43. The number of hydrogen-bond acceptors (Lipinski definition) is 2. The highest BCUT2D eigenvalue weighted by Gasteiger charge is 2.17. The van der Waals surface area contributed by atoms with Gasteiger partial charge < -0.3 is 15.3 Å². The molecule has 0 saturated carbocycles. The Hall–Kier alpha value is -2.04. The van der Waals surface area contributed by atoms with Crippen molar-refractivity contribution in [1.82, 2.24) is 4.90 Å². The Kier molecular flexibility index (Phi) is 5.36. The number of carboxylic acid groups (broad SMARTS) is 1. The van der Waals surface area contributed by atoms with Crippen molar-refractivity contribution in [2.75, 3.05) is 18.9 Å². The van der Waals surface area contributed by atoms with Crippen molar-refractivity contribution in [1.29, 1.82) is 0 Å². The van der Waals surface area contributed by atoms with Gasteiger partial charge in [-0.2, -0.15) is 0 Å². The van der Waals surface area contributed by atoms with Crippen molar-refractivity contribution in [3.63, 3.8) is 0 Å². The molecule has 0 aliphatic heterocycles. The van der Waals surface area contributed by atoms with Gasteiger partial charge in [-0.05, 0) is 24.1 Å². The molecule has 0 aromatic heterocycles. The number of aryl methyl sites for hydroxylation is 1. The van der Waals surface area contributed by atoms with E-state index in [9.17, 15) is 9.59 Å². The van der Waals surface area contributed by atoms with Crippen LogP contribution in [-0.4, -0.2) is 35.6 Å². The number of benzene rings is 1. The molecule has 0 spiro atoms. The zero-order chi connectivity index (χ0) is 14.4. The van der Waals surface area contributed by atoms with Crippen LogP contribution in [0, 0.1) is 5.92 Å². The number of carbonyl (C=O) groups excluding carboxylic acids is 1. The molecule has 5 nitrogen and oxygen atoms in total. The zero-order valence-corrected chi connectivity index (χ0v) is 11.5. The summed E-state index contributed by atoms with van der Waals surface area (Å²) in [5.41, 5.74) is 1.86. The van der Waals surface area contributed by atoms with Gasteiger partial charge in [-0.1, -0.05) is 26.0 Å². The number of carbonyl (C=O) groups is 2. The molecule has 1 aromatic rings. The molecule has 1 aromatic carbocycles. The Morgan fingerprint density at radius 3 is 2.68 bits per heavy atom. The summed E-state index contributed by atoms with van der Waals surface area (Å²) in [6, 6.07) is 7.29. The highest BCUT2D eigenvalue weighted by Crippen LogP contribution is 2.12. The van der Waals surface area contributed by atoms with Crippen LogP contribution in [0.4, 0.5) is 10.5 Å². The molecule has 19 heavy (non-hydrogen) atoms. The molecule has 0 radical (unpaired) electrons. The second-order valence-electron chi connectivity index (χ2n) is 4.60. The van der Waals surface area contributed by atoms with Crippen molar-refractivity contribution in [2.45, 2.75) is 20.3 Å². The van der Waals surface area contributed by atoms with E-state index >= 15 is 0 Å². The fourth-order valence-corrected chi connectivity index (χ4v) is 1.66. The van der Waals surface area contributed by atoms with Crippen LogP contribution >= 0.6 is 0 Å². The van der Waals surface area contributed by atoms with E-state index in [0.29, 0.717) is 0 Å². The molecular formula is C14H20N2O3. The Balaban J connectivity index is 2.60. The molecule has 1 rings (SSSR count). The summed E-state index contributed by atoms with van der Waals surface area (Å²) >= 11 is 0. The Morgan fingerprint density at radius 1 is 1.42 bits per heavy atom. The number of amides is 2. The lowest BCUT2D eigenvalue weighted by Gasteiger charge is -2.20. The smallest absolute Gasteiger partial charge is 0.321 e. The Labute approximate surface area is 113 Å². The standard InChI is InChI=1S/C14H20N2O3/c1-4-11-6-5-7-12(8-11)15-14(19)16(3)9-10(2)13(17)18/h5-8,10H,4,9H2,1-3H3,(H,15,19)(H,17,18). The van der Waals surface area contributed by atoms with E-state index in [4.69, 9.17) is 5.11 Å². The van der Waals surface area contributed by atoms with Crippen molar-refractivity contribution in [3.05, 3.63) is 29.8 Å². The van der Waals surface area contributed by atoms with Crippen LogP contribution in [0.25, 0.3) is 0 Å². The first-order valence-electron chi connectivity index (χ1n) is 6.28. The number of hydrogen-bond donors (Lipinski definition) is 2. The van der Waals surface area contributed by atoms with E-state index in [1.165, 1.54) is 4.90 Å². The number of nitrogens with one attached hydrogen (secondary N) is 1. The molecule has 0 bridgehead atoms. The Bertz CT molecular complexity index is 460. The van der Waals surface area contributed by atoms with Gasteiger partial charge in [0.2, 0.25) is 0 Å². The molecule has 0 aliphatic rings.